The molecule has 0 spiro atoms. The number of carbonyl (C=O) groups is 3. The molecule has 1 aromatic carbocycles. The zero-order valence-corrected chi connectivity index (χ0v) is 19.4. The SMILES string of the molecule is CCOC(=O)CN1C2=NC3C(C(=O)N(Cc4cc(C)ccc4C)C(=O)N3C)N2C(C)=C1C. The van der Waals surface area contributed by atoms with E-state index in [4.69, 9.17) is 9.73 Å². The normalized spacial score (nSPS) is 22.5. The van der Waals surface area contributed by atoms with Crippen molar-refractivity contribution in [1.29, 1.82) is 0 Å². The maximum absolute atomic E-state index is 13.6. The van der Waals surface area contributed by atoms with Crippen molar-refractivity contribution in [3.63, 3.8) is 0 Å². The van der Waals surface area contributed by atoms with E-state index in [1.165, 1.54) is 9.80 Å². The zero-order valence-electron chi connectivity index (χ0n) is 19.4. The minimum atomic E-state index is -0.667. The number of rotatable bonds is 5. The molecule has 0 radical (unpaired) electrons. The highest BCUT2D eigenvalue weighted by atomic mass is 16.5. The highest BCUT2D eigenvalue weighted by Crippen LogP contribution is 2.38. The first-order valence-electron chi connectivity index (χ1n) is 10.8. The molecule has 32 heavy (non-hydrogen) atoms. The van der Waals surface area contributed by atoms with E-state index in [-0.39, 0.29) is 31.0 Å². The molecule has 4 rings (SSSR count). The van der Waals surface area contributed by atoms with Gasteiger partial charge in [-0.05, 0) is 45.7 Å². The van der Waals surface area contributed by atoms with Crippen molar-refractivity contribution in [2.45, 2.75) is 53.4 Å². The Bertz CT molecular complexity index is 1060. The van der Waals surface area contributed by atoms with E-state index >= 15 is 0 Å². The quantitative estimate of drug-likeness (QED) is 0.654. The highest BCUT2D eigenvalue weighted by molar-refractivity contribution is 6.05. The van der Waals surface area contributed by atoms with Crippen LogP contribution in [0.25, 0.3) is 0 Å². The van der Waals surface area contributed by atoms with E-state index < -0.39 is 12.2 Å². The number of likely N-dealkylation sites (N-methyl/N-ethyl adjacent to an activating group) is 1. The molecule has 9 nitrogen and oxygen atoms in total. The van der Waals surface area contributed by atoms with Gasteiger partial charge in [0.25, 0.3) is 5.91 Å². The standard InChI is InChI=1S/C23H29N5O4/c1-7-32-18(29)12-26-15(4)16(5)28-19-20(24-22(26)28)25(6)23(31)27(21(19)30)11-17-10-13(2)8-9-14(17)3/h8-10,19-20H,7,11-12H2,1-6H3. The second kappa shape index (κ2) is 7.96. The van der Waals surface area contributed by atoms with Crippen LogP contribution < -0.4 is 0 Å². The number of ether oxygens (including phenoxy) is 1. The average molecular weight is 440 g/mol. The number of aryl methyl sites for hydroxylation is 2. The third-order valence-electron chi connectivity index (χ3n) is 6.43. The summed E-state index contributed by atoms with van der Waals surface area (Å²) in [6, 6.07) is 4.97. The average Bonchev–Trinajstić information content (AvgIpc) is 3.24. The van der Waals surface area contributed by atoms with Gasteiger partial charge in [-0.2, -0.15) is 0 Å². The number of imide groups is 1. The third kappa shape index (κ3) is 3.32. The van der Waals surface area contributed by atoms with Crippen molar-refractivity contribution < 1.29 is 19.1 Å². The number of benzene rings is 1. The molecule has 3 aliphatic heterocycles. The Balaban J connectivity index is 1.65. The third-order valence-corrected chi connectivity index (χ3v) is 6.43. The zero-order chi connectivity index (χ0) is 23.3. The van der Waals surface area contributed by atoms with Gasteiger partial charge in [-0.1, -0.05) is 23.8 Å². The molecule has 3 amide bonds. The Morgan fingerprint density at radius 2 is 1.81 bits per heavy atom. The van der Waals surface area contributed by atoms with Crippen LogP contribution in [0.15, 0.2) is 34.6 Å². The molecule has 3 aliphatic rings. The summed E-state index contributed by atoms with van der Waals surface area (Å²) in [6.07, 6.45) is -0.646. The molecule has 170 valence electrons. The maximum Gasteiger partial charge on any atom is 0.328 e. The van der Waals surface area contributed by atoms with Gasteiger partial charge in [0, 0.05) is 18.4 Å². The number of urea groups is 1. The van der Waals surface area contributed by atoms with E-state index in [9.17, 15) is 14.4 Å². The number of carbonyl (C=O) groups excluding carboxylic acids is 3. The molecule has 3 heterocycles. The lowest BCUT2D eigenvalue weighted by Gasteiger charge is -2.41. The van der Waals surface area contributed by atoms with Crippen LogP contribution >= 0.6 is 0 Å². The first kappa shape index (κ1) is 21.9. The monoisotopic (exact) mass is 439 g/mol. The molecule has 0 aromatic heterocycles. The van der Waals surface area contributed by atoms with Gasteiger partial charge in [0.1, 0.15) is 6.54 Å². The van der Waals surface area contributed by atoms with Crippen LogP contribution in [-0.2, 0) is 20.9 Å². The maximum atomic E-state index is 13.6. The number of aliphatic imine (C=N–C) groups is 1. The molecule has 1 saturated heterocycles. The van der Waals surface area contributed by atoms with Crippen molar-refractivity contribution in [1.82, 2.24) is 19.6 Å². The van der Waals surface area contributed by atoms with Crippen molar-refractivity contribution in [3.05, 3.63) is 46.3 Å². The van der Waals surface area contributed by atoms with Crippen LogP contribution in [0.3, 0.4) is 0 Å². The van der Waals surface area contributed by atoms with Gasteiger partial charge in [-0.3, -0.25) is 19.4 Å². The molecule has 2 atom stereocenters. The van der Waals surface area contributed by atoms with Gasteiger partial charge >= 0.3 is 12.0 Å². The first-order valence-corrected chi connectivity index (χ1v) is 10.8. The first-order chi connectivity index (χ1) is 15.1. The van der Waals surface area contributed by atoms with E-state index in [1.54, 1.807) is 18.9 Å². The largest absolute Gasteiger partial charge is 0.465 e. The van der Waals surface area contributed by atoms with Gasteiger partial charge < -0.3 is 14.5 Å². The fourth-order valence-corrected chi connectivity index (χ4v) is 4.49. The Morgan fingerprint density at radius 1 is 1.09 bits per heavy atom. The topological polar surface area (TPSA) is 85.8 Å². The summed E-state index contributed by atoms with van der Waals surface area (Å²) in [5.74, 6) is -0.154. The van der Waals surface area contributed by atoms with Crippen molar-refractivity contribution in [3.8, 4) is 0 Å². The summed E-state index contributed by atoms with van der Waals surface area (Å²) in [5, 5.41) is 0. The second-order valence-electron chi connectivity index (χ2n) is 8.47. The number of hydrogen-bond donors (Lipinski definition) is 0. The molecule has 0 aliphatic carbocycles. The summed E-state index contributed by atoms with van der Waals surface area (Å²) in [4.78, 5) is 50.0. The van der Waals surface area contributed by atoms with E-state index in [0.29, 0.717) is 12.6 Å². The summed E-state index contributed by atoms with van der Waals surface area (Å²) >= 11 is 0. The Morgan fingerprint density at radius 3 is 2.50 bits per heavy atom. The number of guanidine groups is 1. The van der Waals surface area contributed by atoms with Gasteiger partial charge in [-0.25, -0.2) is 9.79 Å². The number of allylic oxidation sites excluding steroid dienone is 2. The fourth-order valence-electron chi connectivity index (χ4n) is 4.49. The van der Waals surface area contributed by atoms with Crippen LogP contribution in [-0.4, -0.2) is 75.9 Å². The Labute approximate surface area is 187 Å². The number of hydrogen-bond acceptors (Lipinski definition) is 7. The molecular formula is C23H29N5O4. The minimum Gasteiger partial charge on any atom is -0.465 e. The van der Waals surface area contributed by atoms with Crippen LogP contribution in [0.4, 0.5) is 4.79 Å². The van der Waals surface area contributed by atoms with Gasteiger partial charge in [-0.15, -0.1) is 0 Å². The van der Waals surface area contributed by atoms with E-state index in [1.807, 2.05) is 50.8 Å². The molecule has 0 N–H and O–H groups in total. The summed E-state index contributed by atoms with van der Waals surface area (Å²) in [7, 11) is 1.66. The molecule has 0 bridgehead atoms. The van der Waals surface area contributed by atoms with E-state index in [0.717, 1.165) is 28.1 Å². The highest BCUT2D eigenvalue weighted by Gasteiger charge is 2.55. The van der Waals surface area contributed by atoms with Gasteiger partial charge in [0.2, 0.25) is 5.96 Å². The molecule has 0 saturated carbocycles. The van der Waals surface area contributed by atoms with Crippen LogP contribution in [0.1, 0.15) is 37.5 Å². The lowest BCUT2D eigenvalue weighted by Crippen LogP contribution is -2.64. The summed E-state index contributed by atoms with van der Waals surface area (Å²) in [6.45, 7) is 10.0. The Kier molecular flexibility index (Phi) is 5.44. The predicted molar refractivity (Wildman–Crippen MR) is 118 cm³/mol. The fraction of sp³-hybridized carbons (Fsp3) is 0.478. The molecule has 1 aromatic rings. The number of amides is 3. The van der Waals surface area contributed by atoms with Crippen molar-refractivity contribution in [2.75, 3.05) is 20.2 Å². The minimum absolute atomic E-state index is 0.00381. The molecule has 9 heteroatoms. The predicted octanol–water partition coefficient (Wildman–Crippen LogP) is 2.19. The summed E-state index contributed by atoms with van der Waals surface area (Å²) < 4.78 is 5.10. The number of fused-ring (bicyclic) bond motifs is 3. The van der Waals surface area contributed by atoms with Crippen LogP contribution in [0.2, 0.25) is 0 Å². The molecule has 2 unspecified atom stereocenters. The van der Waals surface area contributed by atoms with Crippen LogP contribution in [0.5, 0.6) is 0 Å². The Hall–Kier alpha value is -3.36. The lowest BCUT2D eigenvalue weighted by atomic mass is 10.0. The molecule has 1 fully saturated rings. The number of nitrogens with zero attached hydrogens (tertiary/aromatic N) is 5. The number of esters is 1. The van der Waals surface area contributed by atoms with Crippen molar-refractivity contribution >= 4 is 23.9 Å². The molecular weight excluding hydrogens is 410 g/mol. The van der Waals surface area contributed by atoms with Gasteiger partial charge in [0.05, 0.1) is 13.2 Å². The smallest absolute Gasteiger partial charge is 0.328 e. The van der Waals surface area contributed by atoms with E-state index in [2.05, 4.69) is 0 Å². The van der Waals surface area contributed by atoms with Crippen LogP contribution in [0, 0.1) is 13.8 Å². The van der Waals surface area contributed by atoms with Crippen molar-refractivity contribution in [2.24, 2.45) is 4.99 Å². The summed E-state index contributed by atoms with van der Waals surface area (Å²) in [5.41, 5.74) is 4.71. The lowest BCUT2D eigenvalue weighted by molar-refractivity contribution is -0.143. The van der Waals surface area contributed by atoms with Gasteiger partial charge in [0.15, 0.2) is 12.2 Å². The second-order valence-corrected chi connectivity index (χ2v) is 8.47.